The summed E-state index contributed by atoms with van der Waals surface area (Å²) in [5.74, 6) is -1.36. The Hall–Kier alpha value is -4.36. The standard InChI is InChI=1S/C27H23N3O4/c1-18-24(27(32)33)13-22(15-29-18)25-14-21(11-12-28-25)26(31)30-23-9-7-20(8-10-23)17-34-16-19-5-3-2-4-6-19/h2-15H,16-17H2,1H3,(H,30,31)(H,32,33). The molecule has 7 nitrogen and oxygen atoms in total. The van der Waals surface area contributed by atoms with Crippen molar-refractivity contribution >= 4 is 17.6 Å². The van der Waals surface area contributed by atoms with Crippen LogP contribution in [0.3, 0.4) is 0 Å². The van der Waals surface area contributed by atoms with E-state index in [4.69, 9.17) is 4.74 Å². The van der Waals surface area contributed by atoms with Crippen molar-refractivity contribution in [2.45, 2.75) is 20.1 Å². The van der Waals surface area contributed by atoms with E-state index in [1.54, 1.807) is 25.3 Å². The summed E-state index contributed by atoms with van der Waals surface area (Å²) < 4.78 is 5.75. The fourth-order valence-corrected chi connectivity index (χ4v) is 3.37. The largest absolute Gasteiger partial charge is 0.478 e. The van der Waals surface area contributed by atoms with E-state index >= 15 is 0 Å². The number of aromatic carboxylic acids is 1. The monoisotopic (exact) mass is 453 g/mol. The first kappa shape index (κ1) is 22.8. The van der Waals surface area contributed by atoms with E-state index in [0.29, 0.717) is 41.4 Å². The quantitative estimate of drug-likeness (QED) is 0.384. The van der Waals surface area contributed by atoms with Crippen molar-refractivity contribution in [1.82, 2.24) is 9.97 Å². The van der Waals surface area contributed by atoms with Gasteiger partial charge >= 0.3 is 5.97 Å². The van der Waals surface area contributed by atoms with E-state index < -0.39 is 5.97 Å². The summed E-state index contributed by atoms with van der Waals surface area (Å²) in [6, 6.07) is 22.1. The smallest absolute Gasteiger partial charge is 0.337 e. The van der Waals surface area contributed by atoms with Gasteiger partial charge in [0.25, 0.3) is 5.91 Å². The molecule has 0 aliphatic heterocycles. The number of carbonyl (C=O) groups is 2. The minimum Gasteiger partial charge on any atom is -0.478 e. The molecule has 0 fully saturated rings. The molecule has 0 bridgehead atoms. The summed E-state index contributed by atoms with van der Waals surface area (Å²) >= 11 is 0. The normalized spacial score (nSPS) is 10.6. The molecule has 0 saturated carbocycles. The molecule has 2 aromatic carbocycles. The van der Waals surface area contributed by atoms with Gasteiger partial charge in [-0.2, -0.15) is 0 Å². The van der Waals surface area contributed by atoms with Gasteiger partial charge in [-0.3, -0.25) is 14.8 Å². The minimum absolute atomic E-state index is 0.0991. The molecule has 2 aromatic heterocycles. The van der Waals surface area contributed by atoms with E-state index in [1.807, 2.05) is 54.6 Å². The highest BCUT2D eigenvalue weighted by Crippen LogP contribution is 2.21. The first-order chi connectivity index (χ1) is 16.5. The number of pyridine rings is 2. The number of benzene rings is 2. The second kappa shape index (κ2) is 10.5. The number of nitrogens with zero attached hydrogens (tertiary/aromatic N) is 2. The van der Waals surface area contributed by atoms with Gasteiger partial charge in [0.05, 0.1) is 30.2 Å². The van der Waals surface area contributed by atoms with Crippen LogP contribution in [0.2, 0.25) is 0 Å². The summed E-state index contributed by atoms with van der Waals surface area (Å²) in [5.41, 5.74) is 4.68. The Morgan fingerprint density at radius 1 is 0.912 bits per heavy atom. The van der Waals surface area contributed by atoms with Gasteiger partial charge in [0, 0.05) is 29.2 Å². The van der Waals surface area contributed by atoms with Crippen molar-refractivity contribution in [3.63, 3.8) is 0 Å². The van der Waals surface area contributed by atoms with Crippen molar-refractivity contribution in [3.05, 3.63) is 113 Å². The number of hydrogen-bond donors (Lipinski definition) is 2. The summed E-state index contributed by atoms with van der Waals surface area (Å²) in [4.78, 5) is 32.6. The first-order valence-electron chi connectivity index (χ1n) is 10.7. The second-order valence-electron chi connectivity index (χ2n) is 7.72. The van der Waals surface area contributed by atoms with Crippen molar-refractivity contribution in [3.8, 4) is 11.3 Å². The molecule has 7 heteroatoms. The lowest BCUT2D eigenvalue weighted by atomic mass is 10.1. The molecular weight excluding hydrogens is 430 g/mol. The molecular formula is C27H23N3O4. The molecule has 1 amide bonds. The Balaban J connectivity index is 1.39. The minimum atomic E-state index is -1.06. The molecule has 0 aliphatic rings. The lowest BCUT2D eigenvalue weighted by Crippen LogP contribution is -2.12. The third-order valence-electron chi connectivity index (χ3n) is 5.23. The second-order valence-corrected chi connectivity index (χ2v) is 7.72. The maximum Gasteiger partial charge on any atom is 0.337 e. The zero-order valence-electron chi connectivity index (χ0n) is 18.6. The van der Waals surface area contributed by atoms with Crippen LogP contribution in [0.5, 0.6) is 0 Å². The summed E-state index contributed by atoms with van der Waals surface area (Å²) in [6.45, 7) is 2.64. The average molecular weight is 453 g/mol. The van der Waals surface area contributed by atoms with Gasteiger partial charge < -0.3 is 15.2 Å². The Morgan fingerprint density at radius 3 is 2.32 bits per heavy atom. The SMILES string of the molecule is Cc1ncc(-c2cc(C(=O)Nc3ccc(COCc4ccccc4)cc3)ccn2)cc1C(=O)O. The van der Waals surface area contributed by atoms with Crippen LogP contribution in [-0.2, 0) is 18.0 Å². The van der Waals surface area contributed by atoms with E-state index in [0.717, 1.165) is 11.1 Å². The molecule has 0 radical (unpaired) electrons. The first-order valence-corrected chi connectivity index (χ1v) is 10.7. The summed E-state index contributed by atoms with van der Waals surface area (Å²) in [5, 5.41) is 12.2. The van der Waals surface area contributed by atoms with Gasteiger partial charge in [-0.1, -0.05) is 42.5 Å². The van der Waals surface area contributed by atoms with Gasteiger partial charge in [-0.05, 0) is 48.4 Å². The van der Waals surface area contributed by atoms with Gasteiger partial charge in [0.2, 0.25) is 0 Å². The van der Waals surface area contributed by atoms with Gasteiger partial charge in [-0.15, -0.1) is 0 Å². The fourth-order valence-electron chi connectivity index (χ4n) is 3.37. The van der Waals surface area contributed by atoms with Crippen molar-refractivity contribution in [2.24, 2.45) is 0 Å². The van der Waals surface area contributed by atoms with Crippen molar-refractivity contribution in [2.75, 3.05) is 5.32 Å². The van der Waals surface area contributed by atoms with E-state index in [9.17, 15) is 14.7 Å². The number of carboxylic acids is 1. The number of carbonyl (C=O) groups excluding carboxylic acids is 1. The lowest BCUT2D eigenvalue weighted by molar-refractivity contribution is 0.0695. The molecule has 0 saturated heterocycles. The predicted octanol–water partition coefficient (Wildman–Crippen LogP) is 5.12. The number of carboxylic acid groups (broad SMARTS) is 1. The van der Waals surface area contributed by atoms with Crippen LogP contribution in [0.1, 0.15) is 37.5 Å². The topological polar surface area (TPSA) is 101 Å². The summed E-state index contributed by atoms with van der Waals surface area (Å²) in [6.07, 6.45) is 3.06. The van der Waals surface area contributed by atoms with Gasteiger partial charge in [0.1, 0.15) is 0 Å². The van der Waals surface area contributed by atoms with E-state index in [1.165, 1.54) is 12.3 Å². The third-order valence-corrected chi connectivity index (χ3v) is 5.23. The Morgan fingerprint density at radius 2 is 1.62 bits per heavy atom. The van der Waals surface area contributed by atoms with Crippen LogP contribution in [0.4, 0.5) is 5.69 Å². The lowest BCUT2D eigenvalue weighted by Gasteiger charge is -2.09. The molecule has 2 N–H and O–H groups in total. The molecule has 0 spiro atoms. The summed E-state index contributed by atoms with van der Waals surface area (Å²) in [7, 11) is 0. The highest BCUT2D eigenvalue weighted by Gasteiger charge is 2.13. The molecule has 2 heterocycles. The fraction of sp³-hybridized carbons (Fsp3) is 0.111. The van der Waals surface area contributed by atoms with Crippen LogP contribution in [0.25, 0.3) is 11.3 Å². The predicted molar refractivity (Wildman–Crippen MR) is 128 cm³/mol. The zero-order valence-corrected chi connectivity index (χ0v) is 18.6. The third kappa shape index (κ3) is 5.70. The maximum atomic E-state index is 12.8. The van der Waals surface area contributed by atoms with Crippen LogP contribution in [0, 0.1) is 6.92 Å². The van der Waals surface area contributed by atoms with Crippen LogP contribution < -0.4 is 5.32 Å². The van der Waals surface area contributed by atoms with E-state index in [2.05, 4.69) is 15.3 Å². The Bertz CT molecular complexity index is 1310. The zero-order chi connectivity index (χ0) is 23.9. The van der Waals surface area contributed by atoms with Crippen LogP contribution in [0.15, 0.2) is 85.2 Å². The molecule has 170 valence electrons. The van der Waals surface area contributed by atoms with Crippen molar-refractivity contribution < 1.29 is 19.4 Å². The number of ether oxygens (including phenoxy) is 1. The number of hydrogen-bond acceptors (Lipinski definition) is 5. The number of rotatable bonds is 8. The Kier molecular flexibility index (Phi) is 7.05. The van der Waals surface area contributed by atoms with Gasteiger partial charge in [0.15, 0.2) is 0 Å². The van der Waals surface area contributed by atoms with Gasteiger partial charge in [-0.25, -0.2) is 4.79 Å². The number of amides is 1. The number of nitrogens with one attached hydrogen (secondary N) is 1. The molecule has 0 atom stereocenters. The molecule has 0 unspecified atom stereocenters. The Labute approximate surface area is 197 Å². The molecule has 0 aliphatic carbocycles. The average Bonchev–Trinajstić information content (AvgIpc) is 2.86. The van der Waals surface area contributed by atoms with Crippen LogP contribution in [-0.4, -0.2) is 27.0 Å². The number of anilines is 1. The number of aryl methyl sites for hydroxylation is 1. The van der Waals surface area contributed by atoms with Crippen molar-refractivity contribution in [1.29, 1.82) is 0 Å². The molecule has 34 heavy (non-hydrogen) atoms. The van der Waals surface area contributed by atoms with E-state index in [-0.39, 0.29) is 11.5 Å². The number of aromatic nitrogens is 2. The maximum absolute atomic E-state index is 12.8. The molecule has 4 aromatic rings. The van der Waals surface area contributed by atoms with Crippen LogP contribution >= 0.6 is 0 Å². The highest BCUT2D eigenvalue weighted by molar-refractivity contribution is 6.04. The highest BCUT2D eigenvalue weighted by atomic mass is 16.5. The molecule has 4 rings (SSSR count).